The predicted molar refractivity (Wildman–Crippen MR) is 64.6 cm³/mol. The number of likely N-dealkylation sites (tertiary alicyclic amines) is 1. The Bertz CT molecular complexity index is 322. The molecule has 1 fully saturated rings. The maximum absolute atomic E-state index is 11.8. The summed E-state index contributed by atoms with van der Waals surface area (Å²) in [4.78, 5) is 35.8. The molecule has 0 aromatic carbocycles. The van der Waals surface area contributed by atoms with Crippen molar-refractivity contribution in [2.75, 3.05) is 27.2 Å². The van der Waals surface area contributed by atoms with E-state index in [0.29, 0.717) is 25.9 Å². The second-order valence-corrected chi connectivity index (χ2v) is 4.35. The maximum atomic E-state index is 11.8. The molecule has 1 N–H and O–H groups in total. The summed E-state index contributed by atoms with van der Waals surface area (Å²) >= 11 is 0. The number of methoxy groups -OCH3 is 1. The molecule has 6 heteroatoms. The smallest absolute Gasteiger partial charge is 0.306 e. The number of carbonyl (C=O) groups is 3. The van der Waals surface area contributed by atoms with Crippen molar-refractivity contribution in [2.24, 2.45) is 5.92 Å². The van der Waals surface area contributed by atoms with Crippen molar-refractivity contribution in [1.29, 1.82) is 0 Å². The molecule has 18 heavy (non-hydrogen) atoms. The van der Waals surface area contributed by atoms with E-state index in [1.165, 1.54) is 7.11 Å². The molecule has 1 aliphatic heterocycles. The van der Waals surface area contributed by atoms with Crippen LogP contribution in [0.4, 0.5) is 0 Å². The molecule has 0 radical (unpaired) electrons. The lowest BCUT2D eigenvalue weighted by Crippen LogP contribution is -2.42. The third kappa shape index (κ3) is 4.01. The van der Waals surface area contributed by atoms with Crippen LogP contribution in [-0.4, -0.2) is 49.9 Å². The molecule has 0 aliphatic carbocycles. The summed E-state index contributed by atoms with van der Waals surface area (Å²) in [5.41, 5.74) is 0. The summed E-state index contributed by atoms with van der Waals surface area (Å²) in [5, 5.41) is 2.62. The van der Waals surface area contributed by atoms with E-state index in [9.17, 15) is 14.4 Å². The van der Waals surface area contributed by atoms with Gasteiger partial charge in [-0.2, -0.15) is 0 Å². The SMILES string of the molecule is CNC(=O)C1CCN(C(=O)CCC(=O)OC)CC1. The van der Waals surface area contributed by atoms with Crippen molar-refractivity contribution in [3.8, 4) is 0 Å². The first-order chi connectivity index (χ1) is 8.58. The number of hydrogen-bond acceptors (Lipinski definition) is 4. The van der Waals surface area contributed by atoms with Gasteiger partial charge in [-0.25, -0.2) is 0 Å². The van der Waals surface area contributed by atoms with Crippen molar-refractivity contribution in [3.63, 3.8) is 0 Å². The lowest BCUT2D eigenvalue weighted by atomic mass is 9.96. The lowest BCUT2D eigenvalue weighted by molar-refractivity contribution is -0.144. The average Bonchev–Trinajstić information content (AvgIpc) is 2.43. The number of amides is 2. The van der Waals surface area contributed by atoms with Gasteiger partial charge in [0, 0.05) is 32.5 Å². The Kier molecular flexibility index (Phi) is 5.61. The number of ether oxygens (including phenoxy) is 1. The Hall–Kier alpha value is -1.59. The molecule has 6 nitrogen and oxygen atoms in total. The van der Waals surface area contributed by atoms with Gasteiger partial charge in [0.25, 0.3) is 0 Å². The van der Waals surface area contributed by atoms with E-state index >= 15 is 0 Å². The van der Waals surface area contributed by atoms with Gasteiger partial charge >= 0.3 is 5.97 Å². The van der Waals surface area contributed by atoms with Gasteiger partial charge in [0.05, 0.1) is 13.5 Å². The van der Waals surface area contributed by atoms with Crippen LogP contribution in [0.2, 0.25) is 0 Å². The van der Waals surface area contributed by atoms with Gasteiger partial charge in [-0.05, 0) is 12.8 Å². The van der Waals surface area contributed by atoms with Gasteiger partial charge in [-0.1, -0.05) is 0 Å². The van der Waals surface area contributed by atoms with Gasteiger partial charge in [0.1, 0.15) is 0 Å². The van der Waals surface area contributed by atoms with Crippen LogP contribution in [0.5, 0.6) is 0 Å². The Balaban J connectivity index is 2.31. The zero-order chi connectivity index (χ0) is 13.5. The van der Waals surface area contributed by atoms with E-state index in [2.05, 4.69) is 10.1 Å². The summed E-state index contributed by atoms with van der Waals surface area (Å²) in [7, 11) is 2.93. The van der Waals surface area contributed by atoms with Gasteiger partial charge in [-0.3, -0.25) is 14.4 Å². The van der Waals surface area contributed by atoms with E-state index in [1.54, 1.807) is 11.9 Å². The average molecular weight is 256 g/mol. The molecule has 0 spiro atoms. The highest BCUT2D eigenvalue weighted by Crippen LogP contribution is 2.18. The van der Waals surface area contributed by atoms with Crippen molar-refractivity contribution < 1.29 is 19.1 Å². The topological polar surface area (TPSA) is 75.7 Å². The Morgan fingerprint density at radius 1 is 1.22 bits per heavy atom. The van der Waals surface area contributed by atoms with E-state index in [1.807, 2.05) is 0 Å². The molecule has 0 bridgehead atoms. The van der Waals surface area contributed by atoms with Crippen LogP contribution in [0.3, 0.4) is 0 Å². The van der Waals surface area contributed by atoms with Gasteiger partial charge in [-0.15, -0.1) is 0 Å². The second kappa shape index (κ2) is 6.98. The van der Waals surface area contributed by atoms with Crippen LogP contribution in [0.25, 0.3) is 0 Å². The molecule has 2 amide bonds. The lowest BCUT2D eigenvalue weighted by Gasteiger charge is -2.31. The summed E-state index contributed by atoms with van der Waals surface area (Å²) in [6, 6.07) is 0. The van der Waals surface area contributed by atoms with Crippen LogP contribution < -0.4 is 5.32 Å². The highest BCUT2D eigenvalue weighted by molar-refractivity contribution is 5.82. The Labute approximate surface area is 107 Å². The molecule has 0 atom stereocenters. The zero-order valence-electron chi connectivity index (χ0n) is 10.9. The molecular weight excluding hydrogens is 236 g/mol. The van der Waals surface area contributed by atoms with Crippen molar-refractivity contribution in [2.45, 2.75) is 25.7 Å². The quantitative estimate of drug-likeness (QED) is 0.714. The van der Waals surface area contributed by atoms with E-state index < -0.39 is 0 Å². The molecule has 1 heterocycles. The normalized spacial score (nSPS) is 16.2. The number of rotatable bonds is 4. The van der Waals surface area contributed by atoms with Crippen molar-refractivity contribution in [1.82, 2.24) is 10.2 Å². The molecule has 1 saturated heterocycles. The number of hydrogen-bond donors (Lipinski definition) is 1. The van der Waals surface area contributed by atoms with E-state index in [-0.39, 0.29) is 36.5 Å². The molecule has 0 aromatic rings. The zero-order valence-corrected chi connectivity index (χ0v) is 10.9. The maximum Gasteiger partial charge on any atom is 0.306 e. The highest BCUT2D eigenvalue weighted by atomic mass is 16.5. The fourth-order valence-corrected chi connectivity index (χ4v) is 2.06. The van der Waals surface area contributed by atoms with E-state index in [0.717, 1.165) is 0 Å². The van der Waals surface area contributed by atoms with Crippen LogP contribution in [-0.2, 0) is 19.1 Å². The fraction of sp³-hybridized carbons (Fsp3) is 0.750. The van der Waals surface area contributed by atoms with Crippen LogP contribution in [0.1, 0.15) is 25.7 Å². The molecule has 0 aromatic heterocycles. The number of nitrogens with zero attached hydrogens (tertiary/aromatic N) is 1. The standard InChI is InChI=1S/C12H20N2O4/c1-13-12(17)9-5-7-14(8-6-9)10(15)3-4-11(16)18-2/h9H,3-8H2,1-2H3,(H,13,17). The van der Waals surface area contributed by atoms with Gasteiger partial charge in [0.15, 0.2) is 0 Å². The third-order valence-corrected chi connectivity index (χ3v) is 3.24. The first kappa shape index (κ1) is 14.5. The summed E-state index contributed by atoms with van der Waals surface area (Å²) in [6.07, 6.45) is 1.66. The first-order valence-corrected chi connectivity index (χ1v) is 6.14. The number of piperidine rings is 1. The Morgan fingerprint density at radius 2 is 1.83 bits per heavy atom. The minimum Gasteiger partial charge on any atom is -0.469 e. The highest BCUT2D eigenvalue weighted by Gasteiger charge is 2.26. The van der Waals surface area contributed by atoms with Crippen LogP contribution >= 0.6 is 0 Å². The monoisotopic (exact) mass is 256 g/mol. The number of nitrogens with one attached hydrogen (secondary N) is 1. The van der Waals surface area contributed by atoms with Crippen molar-refractivity contribution >= 4 is 17.8 Å². The summed E-state index contributed by atoms with van der Waals surface area (Å²) < 4.78 is 4.49. The molecule has 0 unspecified atom stereocenters. The molecule has 1 aliphatic rings. The molecule has 102 valence electrons. The summed E-state index contributed by atoms with van der Waals surface area (Å²) in [5.74, 6) is -0.379. The third-order valence-electron chi connectivity index (χ3n) is 3.24. The van der Waals surface area contributed by atoms with Gasteiger partial charge < -0.3 is 15.0 Å². The number of carbonyl (C=O) groups excluding carboxylic acids is 3. The van der Waals surface area contributed by atoms with Crippen LogP contribution in [0.15, 0.2) is 0 Å². The number of esters is 1. The van der Waals surface area contributed by atoms with E-state index in [4.69, 9.17) is 0 Å². The molecular formula is C12H20N2O4. The largest absolute Gasteiger partial charge is 0.469 e. The summed E-state index contributed by atoms with van der Waals surface area (Å²) in [6.45, 7) is 1.16. The first-order valence-electron chi connectivity index (χ1n) is 6.14. The predicted octanol–water partition coefficient (Wildman–Crippen LogP) is -0.0758. The fourth-order valence-electron chi connectivity index (χ4n) is 2.06. The Morgan fingerprint density at radius 3 is 2.33 bits per heavy atom. The van der Waals surface area contributed by atoms with Gasteiger partial charge in [0.2, 0.25) is 11.8 Å². The second-order valence-electron chi connectivity index (χ2n) is 4.35. The molecule has 1 rings (SSSR count). The van der Waals surface area contributed by atoms with Crippen LogP contribution in [0, 0.1) is 5.92 Å². The molecule has 0 saturated carbocycles. The van der Waals surface area contributed by atoms with Crippen molar-refractivity contribution in [3.05, 3.63) is 0 Å². The minimum atomic E-state index is -0.372. The minimum absolute atomic E-state index is 0.000318.